The van der Waals surface area contributed by atoms with Gasteiger partial charge in [-0.15, -0.1) is 0 Å². The van der Waals surface area contributed by atoms with Crippen LogP contribution >= 0.6 is 11.3 Å². The number of hydrogen-bond acceptors (Lipinski definition) is 7. The molecule has 4 aromatic rings. The summed E-state index contributed by atoms with van der Waals surface area (Å²) in [6, 6.07) is 23.6. The molecule has 0 fully saturated rings. The quantitative estimate of drug-likeness (QED) is 0.325. The van der Waals surface area contributed by atoms with E-state index in [4.69, 9.17) is 9.73 Å². The molecule has 0 saturated carbocycles. The van der Waals surface area contributed by atoms with Crippen molar-refractivity contribution in [3.05, 3.63) is 121 Å². The summed E-state index contributed by atoms with van der Waals surface area (Å²) in [5, 5.41) is 10.8. The van der Waals surface area contributed by atoms with Crippen LogP contribution in [0.4, 0.5) is 5.69 Å². The molecule has 40 heavy (non-hydrogen) atoms. The topological polar surface area (TPSA) is 84.1 Å². The molecular formula is C32H31N3O4S. The number of carbonyl (C=O) groups is 1. The summed E-state index contributed by atoms with van der Waals surface area (Å²) in [4.78, 5) is 34.9. The van der Waals surface area contributed by atoms with Crippen molar-refractivity contribution in [3.63, 3.8) is 0 Å². The Labute approximate surface area is 236 Å². The van der Waals surface area contributed by atoms with E-state index < -0.39 is 12.0 Å². The number of fused-ring (bicyclic) bond motifs is 1. The molecule has 8 heteroatoms. The van der Waals surface area contributed by atoms with E-state index in [0.29, 0.717) is 26.2 Å². The van der Waals surface area contributed by atoms with Gasteiger partial charge in [0.2, 0.25) is 0 Å². The van der Waals surface area contributed by atoms with Gasteiger partial charge in [0, 0.05) is 36.0 Å². The summed E-state index contributed by atoms with van der Waals surface area (Å²) in [5.74, 6) is -0.426. The first-order valence-corrected chi connectivity index (χ1v) is 14.2. The Morgan fingerprint density at radius 3 is 2.33 bits per heavy atom. The Kier molecular flexibility index (Phi) is 7.98. The fraction of sp³-hybridized carbons (Fsp3) is 0.219. The Morgan fingerprint density at radius 2 is 1.70 bits per heavy atom. The summed E-state index contributed by atoms with van der Waals surface area (Å²) < 4.78 is 7.46. The molecule has 0 radical (unpaired) electrons. The Balaban J connectivity index is 1.75. The molecule has 2 heterocycles. The van der Waals surface area contributed by atoms with E-state index in [-0.39, 0.29) is 17.9 Å². The molecule has 3 aromatic carbocycles. The fourth-order valence-electron chi connectivity index (χ4n) is 4.97. The van der Waals surface area contributed by atoms with Crippen LogP contribution < -0.4 is 19.8 Å². The lowest BCUT2D eigenvalue weighted by Crippen LogP contribution is -2.40. The average Bonchev–Trinajstić information content (AvgIpc) is 3.29. The lowest BCUT2D eigenvalue weighted by atomic mass is 9.93. The number of nitrogens with zero attached hydrogens (tertiary/aromatic N) is 3. The van der Waals surface area contributed by atoms with Gasteiger partial charge in [0.05, 0.1) is 28.5 Å². The maximum atomic E-state index is 14.0. The van der Waals surface area contributed by atoms with E-state index >= 15 is 0 Å². The predicted octanol–water partition coefficient (Wildman–Crippen LogP) is 4.49. The molecule has 204 valence electrons. The highest BCUT2D eigenvalue weighted by molar-refractivity contribution is 7.07. The Morgan fingerprint density at radius 1 is 1.02 bits per heavy atom. The molecular weight excluding hydrogens is 522 g/mol. The van der Waals surface area contributed by atoms with Crippen LogP contribution in [0.1, 0.15) is 43.5 Å². The summed E-state index contributed by atoms with van der Waals surface area (Å²) in [6.45, 7) is 7.71. The second-order valence-electron chi connectivity index (χ2n) is 9.26. The molecule has 1 aliphatic heterocycles. The van der Waals surface area contributed by atoms with Crippen LogP contribution in [0.3, 0.4) is 0 Å². The number of phenolic OH excluding ortho intramolecular Hbond substituents is 1. The van der Waals surface area contributed by atoms with Gasteiger partial charge in [0.1, 0.15) is 5.75 Å². The van der Waals surface area contributed by atoms with Crippen LogP contribution in [-0.4, -0.2) is 35.3 Å². The third kappa shape index (κ3) is 5.10. The van der Waals surface area contributed by atoms with Gasteiger partial charge in [-0.05, 0) is 44.5 Å². The second-order valence-corrected chi connectivity index (χ2v) is 10.3. The van der Waals surface area contributed by atoms with Crippen LogP contribution in [0, 0.1) is 0 Å². The highest BCUT2D eigenvalue weighted by atomic mass is 32.1. The third-order valence-corrected chi connectivity index (χ3v) is 7.90. The number of ether oxygens (including phenoxy) is 1. The van der Waals surface area contributed by atoms with E-state index in [1.807, 2.05) is 72.8 Å². The smallest absolute Gasteiger partial charge is 0.338 e. The van der Waals surface area contributed by atoms with Crippen LogP contribution in [0.2, 0.25) is 0 Å². The largest absolute Gasteiger partial charge is 0.507 e. The summed E-state index contributed by atoms with van der Waals surface area (Å²) in [6.07, 6.45) is 1.68. The van der Waals surface area contributed by atoms with Crippen molar-refractivity contribution in [2.75, 3.05) is 24.6 Å². The van der Waals surface area contributed by atoms with Gasteiger partial charge in [0.15, 0.2) is 4.80 Å². The van der Waals surface area contributed by atoms with E-state index in [0.717, 1.165) is 29.9 Å². The van der Waals surface area contributed by atoms with Gasteiger partial charge in [-0.1, -0.05) is 72.0 Å². The lowest BCUT2D eigenvalue weighted by molar-refractivity contribution is -0.138. The number of thiazole rings is 1. The molecule has 0 bridgehead atoms. The van der Waals surface area contributed by atoms with Gasteiger partial charge in [-0.3, -0.25) is 9.36 Å². The van der Waals surface area contributed by atoms with Crippen LogP contribution in [0.5, 0.6) is 5.75 Å². The molecule has 1 aromatic heterocycles. The molecule has 5 rings (SSSR count). The number of aromatic hydroxyl groups is 1. The molecule has 0 unspecified atom stereocenters. The highest BCUT2D eigenvalue weighted by Crippen LogP contribution is 2.35. The molecule has 1 atom stereocenters. The molecule has 0 amide bonds. The molecule has 0 spiro atoms. The first-order chi connectivity index (χ1) is 19.5. The van der Waals surface area contributed by atoms with Gasteiger partial charge in [-0.2, -0.15) is 0 Å². The number of phenols is 1. The van der Waals surface area contributed by atoms with Gasteiger partial charge in [0.25, 0.3) is 5.56 Å². The zero-order valence-electron chi connectivity index (χ0n) is 22.7. The summed E-state index contributed by atoms with van der Waals surface area (Å²) >= 11 is 1.23. The molecule has 1 aliphatic rings. The van der Waals surface area contributed by atoms with Crippen molar-refractivity contribution in [1.82, 2.24) is 4.57 Å². The Hall–Kier alpha value is -4.43. The maximum absolute atomic E-state index is 14.0. The van der Waals surface area contributed by atoms with E-state index in [2.05, 4.69) is 18.7 Å². The van der Waals surface area contributed by atoms with Crippen LogP contribution in [0.15, 0.2) is 94.2 Å². The van der Waals surface area contributed by atoms with Crippen molar-refractivity contribution >= 4 is 34.8 Å². The predicted molar refractivity (Wildman–Crippen MR) is 159 cm³/mol. The number of hydrogen-bond donors (Lipinski definition) is 1. The standard InChI is InChI=1S/C32H31N3O4S/c1-4-34(5-2)24-18-17-23(25(36)20-24)19-26-30(37)35-29(22-15-11-8-12-16-22)27(31(38)39-6-3)28(33-32(35)40-26)21-13-9-7-10-14-21/h7-20,29,36H,4-6H2,1-3H3/b26-19-/t29-/m0/s1. The van der Waals surface area contributed by atoms with E-state index in [1.54, 1.807) is 23.6 Å². The van der Waals surface area contributed by atoms with Crippen molar-refractivity contribution in [3.8, 4) is 5.75 Å². The van der Waals surface area contributed by atoms with Crippen molar-refractivity contribution in [1.29, 1.82) is 0 Å². The van der Waals surface area contributed by atoms with Crippen molar-refractivity contribution < 1.29 is 14.6 Å². The number of anilines is 1. The number of rotatable bonds is 8. The van der Waals surface area contributed by atoms with E-state index in [1.165, 1.54) is 11.3 Å². The number of aromatic nitrogens is 1. The van der Waals surface area contributed by atoms with Crippen molar-refractivity contribution in [2.24, 2.45) is 4.99 Å². The fourth-order valence-corrected chi connectivity index (χ4v) is 5.96. The average molecular weight is 554 g/mol. The van der Waals surface area contributed by atoms with Crippen LogP contribution in [0.25, 0.3) is 11.8 Å². The minimum absolute atomic E-state index is 0.0898. The first kappa shape index (κ1) is 27.1. The highest BCUT2D eigenvalue weighted by Gasteiger charge is 2.35. The zero-order chi connectivity index (χ0) is 28.2. The summed E-state index contributed by atoms with van der Waals surface area (Å²) in [5.41, 5.74) is 3.47. The monoisotopic (exact) mass is 553 g/mol. The number of benzene rings is 3. The SMILES string of the molecule is CCOC(=O)C1=C(c2ccccc2)N=c2s/c(=C\c3ccc(N(CC)CC)cc3O)c(=O)n2[C@H]1c1ccccc1. The molecule has 0 saturated heterocycles. The van der Waals surface area contributed by atoms with Gasteiger partial charge in [-0.25, -0.2) is 9.79 Å². The Bertz CT molecular complexity index is 1740. The van der Waals surface area contributed by atoms with E-state index in [9.17, 15) is 14.7 Å². The first-order valence-electron chi connectivity index (χ1n) is 13.4. The van der Waals surface area contributed by atoms with Gasteiger partial charge < -0.3 is 14.7 Å². The lowest BCUT2D eigenvalue weighted by Gasteiger charge is -2.25. The minimum atomic E-state index is -0.729. The zero-order valence-corrected chi connectivity index (χ0v) is 23.5. The number of carbonyl (C=O) groups excluding carboxylic acids is 1. The molecule has 0 aliphatic carbocycles. The minimum Gasteiger partial charge on any atom is -0.507 e. The third-order valence-electron chi connectivity index (χ3n) is 6.92. The maximum Gasteiger partial charge on any atom is 0.338 e. The normalized spacial score (nSPS) is 15.0. The molecule has 7 nitrogen and oxygen atoms in total. The number of esters is 1. The second kappa shape index (κ2) is 11.8. The molecule has 1 N–H and O–H groups in total. The van der Waals surface area contributed by atoms with Crippen LogP contribution in [-0.2, 0) is 9.53 Å². The summed E-state index contributed by atoms with van der Waals surface area (Å²) in [7, 11) is 0. The van der Waals surface area contributed by atoms with Crippen molar-refractivity contribution in [2.45, 2.75) is 26.8 Å². The van der Waals surface area contributed by atoms with Gasteiger partial charge >= 0.3 is 5.97 Å².